The van der Waals surface area contributed by atoms with Crippen molar-refractivity contribution in [3.05, 3.63) is 60.0 Å². The first-order valence-electron chi connectivity index (χ1n) is 9.28. The number of aromatic nitrogens is 3. The van der Waals surface area contributed by atoms with Crippen LogP contribution in [0.1, 0.15) is 23.8 Å². The van der Waals surface area contributed by atoms with Gasteiger partial charge in [0.15, 0.2) is 0 Å². The van der Waals surface area contributed by atoms with Crippen LogP contribution in [0.5, 0.6) is 0 Å². The van der Waals surface area contributed by atoms with Gasteiger partial charge in [-0.3, -0.25) is 10.1 Å². The first-order valence-corrected chi connectivity index (χ1v) is 9.28. The summed E-state index contributed by atoms with van der Waals surface area (Å²) in [5, 5.41) is 3.53. The number of hydrogen-bond donors (Lipinski definition) is 2. The van der Waals surface area contributed by atoms with Crippen LogP contribution in [0.2, 0.25) is 0 Å². The van der Waals surface area contributed by atoms with E-state index in [0.717, 1.165) is 17.5 Å². The molecular weight excluding hydrogens is 359 g/mol. The molecule has 0 spiro atoms. The molecule has 0 fully saturated rings. The van der Waals surface area contributed by atoms with Crippen LogP contribution in [-0.2, 0) is 11.3 Å². The van der Waals surface area contributed by atoms with E-state index in [4.69, 9.17) is 4.74 Å². The van der Waals surface area contributed by atoms with Gasteiger partial charge in [-0.25, -0.2) is 9.37 Å². The fourth-order valence-electron chi connectivity index (χ4n) is 3.26. The number of amides is 1. The molecule has 0 saturated carbocycles. The highest BCUT2D eigenvalue weighted by Crippen LogP contribution is 2.22. The molecule has 4 rings (SSSR count). The van der Waals surface area contributed by atoms with Gasteiger partial charge < -0.3 is 14.3 Å². The largest absolute Gasteiger partial charge is 0.382 e. The molecule has 28 heavy (non-hydrogen) atoms. The number of carbonyl (C=O) groups excluding carboxylic acids is 1. The quantitative estimate of drug-likeness (QED) is 0.469. The molecule has 2 aromatic carbocycles. The normalized spacial score (nSPS) is 11.4. The van der Waals surface area contributed by atoms with Gasteiger partial charge in [0.05, 0.1) is 11.0 Å². The van der Waals surface area contributed by atoms with Crippen LogP contribution in [0.4, 0.5) is 10.3 Å². The van der Waals surface area contributed by atoms with E-state index in [-0.39, 0.29) is 11.7 Å². The Morgan fingerprint density at radius 2 is 2.11 bits per heavy atom. The summed E-state index contributed by atoms with van der Waals surface area (Å²) >= 11 is 0. The van der Waals surface area contributed by atoms with Crippen LogP contribution in [0.3, 0.4) is 0 Å². The smallest absolute Gasteiger partial charge is 0.274 e. The van der Waals surface area contributed by atoms with E-state index in [1.165, 1.54) is 12.1 Å². The number of fused-ring (bicyclic) bond motifs is 2. The SMILES string of the molecule is CCOCCCn1c(NC(=O)c2cc3cc(F)ccc3[nH]2)nc2ccccc21. The van der Waals surface area contributed by atoms with Crippen molar-refractivity contribution >= 4 is 33.8 Å². The maximum atomic E-state index is 13.4. The number of ether oxygens (including phenoxy) is 1. The molecule has 0 aliphatic rings. The third kappa shape index (κ3) is 3.61. The molecule has 0 unspecified atom stereocenters. The minimum Gasteiger partial charge on any atom is -0.382 e. The molecule has 1 amide bonds. The molecule has 2 aromatic heterocycles. The molecule has 0 atom stereocenters. The lowest BCUT2D eigenvalue weighted by Gasteiger charge is -2.10. The summed E-state index contributed by atoms with van der Waals surface area (Å²) in [5.41, 5.74) is 2.83. The standard InChI is InChI=1S/C21H21FN4O2/c1-2-28-11-5-10-26-19-7-4-3-6-17(19)24-21(26)25-20(27)18-13-14-12-15(22)8-9-16(14)23-18/h3-4,6-9,12-13,23H,2,5,10-11H2,1H3,(H,24,25,27). The van der Waals surface area contributed by atoms with E-state index in [2.05, 4.69) is 15.3 Å². The lowest BCUT2D eigenvalue weighted by atomic mass is 10.2. The molecule has 2 heterocycles. The number of imidazole rings is 1. The summed E-state index contributed by atoms with van der Waals surface area (Å²) in [5.74, 6) is -0.181. The number of halogens is 1. The Hall–Kier alpha value is -3.19. The Morgan fingerprint density at radius 3 is 2.96 bits per heavy atom. The van der Waals surface area contributed by atoms with Crippen molar-refractivity contribution in [3.8, 4) is 0 Å². The van der Waals surface area contributed by atoms with Gasteiger partial charge in [0.25, 0.3) is 5.91 Å². The van der Waals surface area contributed by atoms with Gasteiger partial charge in [-0.05, 0) is 49.7 Å². The first kappa shape index (κ1) is 18.2. The van der Waals surface area contributed by atoms with E-state index in [9.17, 15) is 9.18 Å². The van der Waals surface area contributed by atoms with E-state index < -0.39 is 0 Å². The fourth-order valence-corrected chi connectivity index (χ4v) is 3.26. The predicted molar refractivity (Wildman–Crippen MR) is 107 cm³/mol. The molecule has 4 aromatic rings. The zero-order chi connectivity index (χ0) is 19.5. The Kier molecular flexibility index (Phi) is 5.08. The summed E-state index contributed by atoms with van der Waals surface area (Å²) in [6.45, 7) is 3.96. The number of aryl methyl sites for hydroxylation is 1. The number of H-pyrrole nitrogens is 1. The highest BCUT2D eigenvalue weighted by molar-refractivity contribution is 6.05. The summed E-state index contributed by atoms with van der Waals surface area (Å²) in [6, 6.07) is 13.8. The van der Waals surface area contributed by atoms with Crippen molar-refractivity contribution in [1.82, 2.24) is 14.5 Å². The zero-order valence-corrected chi connectivity index (χ0v) is 15.5. The number of carbonyl (C=O) groups is 1. The predicted octanol–water partition coefficient (Wildman–Crippen LogP) is 4.34. The maximum absolute atomic E-state index is 13.4. The third-order valence-electron chi connectivity index (χ3n) is 4.58. The van der Waals surface area contributed by atoms with Crippen molar-refractivity contribution in [2.24, 2.45) is 0 Å². The van der Waals surface area contributed by atoms with Crippen molar-refractivity contribution in [3.63, 3.8) is 0 Å². The van der Waals surface area contributed by atoms with E-state index >= 15 is 0 Å². The number of nitrogens with zero attached hydrogens (tertiary/aromatic N) is 2. The van der Waals surface area contributed by atoms with Crippen molar-refractivity contribution in [2.75, 3.05) is 18.5 Å². The average molecular weight is 380 g/mol. The first-order chi connectivity index (χ1) is 13.7. The second-order valence-corrected chi connectivity index (χ2v) is 6.49. The number of nitrogens with one attached hydrogen (secondary N) is 2. The molecule has 6 nitrogen and oxygen atoms in total. The minimum atomic E-state index is -0.338. The number of anilines is 1. The number of aromatic amines is 1. The van der Waals surface area contributed by atoms with Crippen molar-refractivity contribution in [2.45, 2.75) is 19.9 Å². The van der Waals surface area contributed by atoms with Gasteiger partial charge in [-0.2, -0.15) is 0 Å². The lowest BCUT2D eigenvalue weighted by Crippen LogP contribution is -2.17. The monoisotopic (exact) mass is 380 g/mol. The number of hydrogen-bond acceptors (Lipinski definition) is 3. The molecule has 0 saturated heterocycles. The lowest BCUT2D eigenvalue weighted by molar-refractivity contribution is 0.102. The van der Waals surface area contributed by atoms with Crippen LogP contribution in [0.25, 0.3) is 21.9 Å². The van der Waals surface area contributed by atoms with Gasteiger partial charge >= 0.3 is 0 Å². The van der Waals surface area contributed by atoms with Crippen LogP contribution in [0.15, 0.2) is 48.5 Å². The second-order valence-electron chi connectivity index (χ2n) is 6.49. The van der Waals surface area contributed by atoms with E-state index in [1.54, 1.807) is 12.1 Å². The second kappa shape index (κ2) is 7.82. The molecule has 7 heteroatoms. The summed E-state index contributed by atoms with van der Waals surface area (Å²) in [4.78, 5) is 20.3. The molecule has 0 aliphatic heterocycles. The molecule has 0 radical (unpaired) electrons. The average Bonchev–Trinajstić information content (AvgIpc) is 3.26. The molecule has 2 N–H and O–H groups in total. The highest BCUT2D eigenvalue weighted by atomic mass is 19.1. The molecule has 144 valence electrons. The summed E-state index contributed by atoms with van der Waals surface area (Å²) in [7, 11) is 0. The zero-order valence-electron chi connectivity index (χ0n) is 15.5. The van der Waals surface area contributed by atoms with E-state index in [0.29, 0.717) is 42.3 Å². The van der Waals surface area contributed by atoms with Gasteiger partial charge in [-0.15, -0.1) is 0 Å². The Labute approximate surface area is 161 Å². The van der Waals surface area contributed by atoms with Gasteiger partial charge in [0, 0.05) is 30.7 Å². The minimum absolute atomic E-state index is 0.321. The Bertz CT molecular complexity index is 1130. The van der Waals surface area contributed by atoms with Crippen molar-refractivity contribution < 1.29 is 13.9 Å². The van der Waals surface area contributed by atoms with Gasteiger partial charge in [0.2, 0.25) is 5.95 Å². The summed E-state index contributed by atoms with van der Waals surface area (Å²) < 4.78 is 20.8. The number of para-hydroxylation sites is 2. The van der Waals surface area contributed by atoms with Crippen molar-refractivity contribution in [1.29, 1.82) is 0 Å². The fraction of sp³-hybridized carbons (Fsp3) is 0.238. The summed E-state index contributed by atoms with van der Waals surface area (Å²) in [6.07, 6.45) is 0.808. The van der Waals surface area contributed by atoms with Gasteiger partial charge in [-0.1, -0.05) is 12.1 Å². The van der Waals surface area contributed by atoms with Gasteiger partial charge in [0.1, 0.15) is 11.5 Å². The number of benzene rings is 2. The highest BCUT2D eigenvalue weighted by Gasteiger charge is 2.16. The van der Waals surface area contributed by atoms with Crippen LogP contribution in [0, 0.1) is 5.82 Å². The Morgan fingerprint density at radius 1 is 1.25 bits per heavy atom. The van der Waals surface area contributed by atoms with Crippen LogP contribution in [-0.4, -0.2) is 33.7 Å². The Balaban J connectivity index is 1.61. The maximum Gasteiger partial charge on any atom is 0.274 e. The molecular formula is C21H21FN4O2. The van der Waals surface area contributed by atoms with Crippen LogP contribution >= 0.6 is 0 Å². The molecule has 0 bridgehead atoms. The molecule has 0 aliphatic carbocycles. The number of rotatable bonds is 7. The topological polar surface area (TPSA) is 71.9 Å². The van der Waals surface area contributed by atoms with Crippen LogP contribution < -0.4 is 5.32 Å². The van der Waals surface area contributed by atoms with E-state index in [1.807, 2.05) is 35.8 Å². The third-order valence-corrected chi connectivity index (χ3v) is 4.58.